The minimum absolute atomic E-state index is 0.0801. The van der Waals surface area contributed by atoms with Crippen molar-refractivity contribution in [3.63, 3.8) is 0 Å². The fraction of sp³-hybridized carbons (Fsp3) is 0.842. The van der Waals surface area contributed by atoms with Crippen molar-refractivity contribution in [1.82, 2.24) is 0 Å². The predicted molar refractivity (Wildman–Crippen MR) is 270 cm³/mol. The minimum atomic E-state index is -0.783. The Hall–Kier alpha value is -2.37. The Labute approximate surface area is 391 Å². The largest absolute Gasteiger partial charge is 0.462 e. The van der Waals surface area contributed by atoms with Crippen molar-refractivity contribution in [3.05, 3.63) is 36.5 Å². The lowest BCUT2D eigenvalue weighted by atomic mass is 10.0. The van der Waals surface area contributed by atoms with Crippen molar-refractivity contribution in [2.45, 2.75) is 297 Å². The van der Waals surface area contributed by atoms with Gasteiger partial charge in [0.2, 0.25) is 0 Å². The van der Waals surface area contributed by atoms with Gasteiger partial charge in [-0.3, -0.25) is 14.4 Å². The van der Waals surface area contributed by atoms with Crippen LogP contribution in [0, 0.1) is 0 Å². The molecule has 0 spiro atoms. The van der Waals surface area contributed by atoms with Crippen LogP contribution in [0.3, 0.4) is 0 Å². The molecule has 6 heteroatoms. The molecule has 1 atom stereocenters. The summed E-state index contributed by atoms with van der Waals surface area (Å²) < 4.78 is 16.8. The van der Waals surface area contributed by atoms with Crippen LogP contribution in [0.4, 0.5) is 0 Å². The predicted octanol–water partition coefficient (Wildman–Crippen LogP) is 18.1. The van der Waals surface area contributed by atoms with Gasteiger partial charge in [0, 0.05) is 19.3 Å². The third-order valence-electron chi connectivity index (χ3n) is 12.1. The molecule has 63 heavy (non-hydrogen) atoms. The Morgan fingerprint density at radius 1 is 0.317 bits per heavy atom. The Morgan fingerprint density at radius 3 is 0.905 bits per heavy atom. The highest BCUT2D eigenvalue weighted by molar-refractivity contribution is 5.71. The molecule has 0 saturated heterocycles. The lowest BCUT2D eigenvalue weighted by Gasteiger charge is -2.18. The molecule has 0 amide bonds. The van der Waals surface area contributed by atoms with Crippen molar-refractivity contribution in [1.29, 1.82) is 0 Å². The first-order chi connectivity index (χ1) is 31.0. The molecule has 0 aliphatic rings. The van der Waals surface area contributed by atoms with Gasteiger partial charge >= 0.3 is 17.9 Å². The number of allylic oxidation sites excluding steroid dienone is 6. The van der Waals surface area contributed by atoms with Crippen LogP contribution in [0.2, 0.25) is 0 Å². The number of esters is 3. The number of carbonyl (C=O) groups excluding carboxylic acids is 3. The smallest absolute Gasteiger partial charge is 0.306 e. The van der Waals surface area contributed by atoms with Crippen LogP contribution in [0.1, 0.15) is 290 Å². The summed E-state index contributed by atoms with van der Waals surface area (Å²) in [6.07, 6.45) is 61.3. The second-order valence-corrected chi connectivity index (χ2v) is 18.5. The molecule has 1 unspecified atom stereocenters. The maximum Gasteiger partial charge on any atom is 0.306 e. The quantitative estimate of drug-likeness (QED) is 0.0199. The first-order valence-corrected chi connectivity index (χ1v) is 27.5. The number of unbranched alkanes of at least 4 members (excludes halogenated alkanes) is 34. The summed E-state index contributed by atoms with van der Waals surface area (Å²) in [4.78, 5) is 38.0. The average Bonchev–Trinajstić information content (AvgIpc) is 3.28. The summed E-state index contributed by atoms with van der Waals surface area (Å²) in [5.41, 5.74) is 0. The second-order valence-electron chi connectivity index (χ2n) is 18.5. The Kier molecular flexibility index (Phi) is 50.3. The van der Waals surface area contributed by atoms with Crippen molar-refractivity contribution in [2.75, 3.05) is 13.2 Å². The van der Waals surface area contributed by atoms with Crippen LogP contribution in [0.25, 0.3) is 0 Å². The number of hydrogen-bond acceptors (Lipinski definition) is 6. The third-order valence-corrected chi connectivity index (χ3v) is 12.1. The zero-order valence-corrected chi connectivity index (χ0v) is 42.1. The van der Waals surface area contributed by atoms with Crippen LogP contribution in [0.5, 0.6) is 0 Å². The van der Waals surface area contributed by atoms with Crippen molar-refractivity contribution < 1.29 is 28.6 Å². The van der Waals surface area contributed by atoms with Gasteiger partial charge in [-0.05, 0) is 70.6 Å². The summed E-state index contributed by atoms with van der Waals surface area (Å²) in [7, 11) is 0. The molecule has 0 fully saturated rings. The topological polar surface area (TPSA) is 78.9 Å². The molecule has 0 aromatic rings. The first kappa shape index (κ1) is 60.6. The van der Waals surface area contributed by atoms with Crippen molar-refractivity contribution >= 4 is 17.9 Å². The van der Waals surface area contributed by atoms with Gasteiger partial charge in [0.15, 0.2) is 6.10 Å². The summed E-state index contributed by atoms with van der Waals surface area (Å²) in [5.74, 6) is -0.899. The molecular formula is C57H104O6. The molecule has 0 aliphatic heterocycles. The van der Waals surface area contributed by atoms with Gasteiger partial charge in [-0.1, -0.05) is 237 Å². The Balaban J connectivity index is 4.38. The first-order valence-electron chi connectivity index (χ1n) is 27.5. The summed E-state index contributed by atoms with van der Waals surface area (Å²) in [6.45, 7) is 6.63. The van der Waals surface area contributed by atoms with Gasteiger partial charge in [-0.25, -0.2) is 0 Å². The number of carbonyl (C=O) groups is 3. The molecule has 0 rings (SSSR count). The zero-order valence-electron chi connectivity index (χ0n) is 42.1. The van der Waals surface area contributed by atoms with E-state index >= 15 is 0 Å². The van der Waals surface area contributed by atoms with Crippen LogP contribution in [-0.4, -0.2) is 37.2 Å². The van der Waals surface area contributed by atoms with E-state index in [4.69, 9.17) is 14.2 Å². The fourth-order valence-corrected chi connectivity index (χ4v) is 7.96. The van der Waals surface area contributed by atoms with E-state index in [9.17, 15) is 14.4 Å². The van der Waals surface area contributed by atoms with Crippen LogP contribution in [0.15, 0.2) is 36.5 Å². The maximum absolute atomic E-state index is 12.8. The molecule has 0 bridgehead atoms. The summed E-state index contributed by atoms with van der Waals surface area (Å²) >= 11 is 0. The fourth-order valence-electron chi connectivity index (χ4n) is 7.96. The highest BCUT2D eigenvalue weighted by Crippen LogP contribution is 2.15. The van der Waals surface area contributed by atoms with E-state index < -0.39 is 6.10 Å². The van der Waals surface area contributed by atoms with E-state index in [0.717, 1.165) is 89.9 Å². The molecular weight excluding hydrogens is 781 g/mol. The molecule has 0 radical (unpaired) electrons. The summed E-state index contributed by atoms with van der Waals surface area (Å²) in [5, 5.41) is 0. The van der Waals surface area contributed by atoms with Gasteiger partial charge in [0.05, 0.1) is 0 Å². The van der Waals surface area contributed by atoms with E-state index in [1.807, 2.05) is 0 Å². The van der Waals surface area contributed by atoms with Crippen molar-refractivity contribution in [3.8, 4) is 0 Å². The Morgan fingerprint density at radius 2 is 0.571 bits per heavy atom. The second kappa shape index (κ2) is 52.3. The third kappa shape index (κ3) is 50.5. The van der Waals surface area contributed by atoms with E-state index in [0.29, 0.717) is 19.3 Å². The average molecular weight is 885 g/mol. The number of rotatable bonds is 50. The van der Waals surface area contributed by atoms with Crippen LogP contribution in [-0.2, 0) is 28.6 Å². The molecule has 6 nitrogen and oxygen atoms in total. The molecule has 0 heterocycles. The van der Waals surface area contributed by atoms with Gasteiger partial charge in [-0.15, -0.1) is 0 Å². The summed E-state index contributed by atoms with van der Waals surface area (Å²) in [6, 6.07) is 0. The maximum atomic E-state index is 12.8. The van der Waals surface area contributed by atoms with E-state index in [1.54, 1.807) is 0 Å². The highest BCUT2D eigenvalue weighted by atomic mass is 16.6. The molecule has 0 aliphatic carbocycles. The lowest BCUT2D eigenvalue weighted by Crippen LogP contribution is -2.30. The van der Waals surface area contributed by atoms with E-state index in [1.165, 1.54) is 161 Å². The lowest BCUT2D eigenvalue weighted by molar-refractivity contribution is -0.167. The minimum Gasteiger partial charge on any atom is -0.462 e. The van der Waals surface area contributed by atoms with E-state index in [2.05, 4.69) is 57.2 Å². The number of ether oxygens (including phenoxy) is 3. The van der Waals surface area contributed by atoms with Crippen molar-refractivity contribution in [2.24, 2.45) is 0 Å². The van der Waals surface area contributed by atoms with Gasteiger partial charge in [0.1, 0.15) is 13.2 Å². The van der Waals surface area contributed by atoms with Crippen LogP contribution < -0.4 is 0 Å². The zero-order chi connectivity index (χ0) is 45.8. The van der Waals surface area contributed by atoms with E-state index in [-0.39, 0.29) is 31.1 Å². The van der Waals surface area contributed by atoms with Gasteiger partial charge in [0.25, 0.3) is 0 Å². The van der Waals surface area contributed by atoms with Crippen LogP contribution >= 0.6 is 0 Å². The SMILES string of the molecule is CCCCCCCCC/C=C\C=C/CCCCCCCC(=O)OCC(COC(=O)CCCCCCCCCCCCCCC)OC(=O)CCCCC/C=C\CCCCCCCCC. The molecule has 0 N–H and O–H groups in total. The molecule has 0 saturated carbocycles. The normalized spacial score (nSPS) is 12.2. The van der Waals surface area contributed by atoms with Gasteiger partial charge in [-0.2, -0.15) is 0 Å². The Bertz CT molecular complexity index is 1060. The van der Waals surface area contributed by atoms with Gasteiger partial charge < -0.3 is 14.2 Å². The highest BCUT2D eigenvalue weighted by Gasteiger charge is 2.19. The molecule has 0 aromatic carbocycles. The molecule has 368 valence electrons. The number of hydrogen-bond donors (Lipinski definition) is 0. The monoisotopic (exact) mass is 885 g/mol. The molecule has 0 aromatic heterocycles. The standard InChI is InChI=1S/C57H104O6/c1-4-7-10-13-16-19-22-25-27-28-29-30-33-35-38-41-44-47-50-56(59)62-53-54(52-61-55(58)49-46-43-40-37-34-31-24-21-18-15-12-9-6-3)63-57(60)51-48-45-42-39-36-32-26-23-20-17-14-11-8-5-2/h27-30,32,36,54H,4-26,31,33-35,37-53H2,1-3H3/b28-27-,30-29-,36-32-.